The molecule has 1 aliphatic heterocycles. The van der Waals surface area contributed by atoms with Crippen molar-refractivity contribution in [1.29, 1.82) is 0 Å². The lowest BCUT2D eigenvalue weighted by atomic mass is 10.2. The zero-order chi connectivity index (χ0) is 15.4. The number of urea groups is 1. The van der Waals surface area contributed by atoms with Crippen LogP contribution in [0.25, 0.3) is 0 Å². The van der Waals surface area contributed by atoms with Gasteiger partial charge in [-0.2, -0.15) is 0 Å². The molecule has 1 saturated heterocycles. The number of aromatic nitrogens is 1. The molecule has 0 spiro atoms. The second-order valence-corrected chi connectivity index (χ2v) is 5.12. The minimum absolute atomic E-state index is 0.0152. The molecule has 1 fully saturated rings. The van der Waals surface area contributed by atoms with Gasteiger partial charge in [-0.15, -0.1) is 0 Å². The molecule has 1 aromatic rings. The van der Waals surface area contributed by atoms with E-state index < -0.39 is 0 Å². The first-order chi connectivity index (χ1) is 10.1. The lowest BCUT2D eigenvalue weighted by Crippen LogP contribution is -2.48. The average Bonchev–Trinajstić information content (AvgIpc) is 3.09. The van der Waals surface area contributed by atoms with Crippen molar-refractivity contribution in [2.45, 2.75) is 39.7 Å². The number of hydrogen-bond donors (Lipinski definition) is 1. The Balaban J connectivity index is 2.03. The molecule has 7 heteroatoms. The Labute approximate surface area is 124 Å². The Hall–Kier alpha value is -2.05. The van der Waals surface area contributed by atoms with Crippen molar-refractivity contribution in [3.63, 3.8) is 0 Å². The molecule has 0 radical (unpaired) electrons. The van der Waals surface area contributed by atoms with Crippen molar-refractivity contribution in [2.75, 3.05) is 25.0 Å². The van der Waals surface area contributed by atoms with E-state index in [9.17, 15) is 9.59 Å². The predicted molar refractivity (Wildman–Crippen MR) is 77.9 cm³/mol. The van der Waals surface area contributed by atoms with E-state index in [-0.39, 0.29) is 18.0 Å². The molecule has 0 bridgehead atoms. The van der Waals surface area contributed by atoms with Crippen LogP contribution in [0, 0.1) is 6.92 Å². The summed E-state index contributed by atoms with van der Waals surface area (Å²) in [5.74, 6) is 0.319. The van der Waals surface area contributed by atoms with E-state index in [0.717, 1.165) is 6.42 Å². The molecule has 3 amide bonds. The number of carbonyl (C=O) groups excluding carboxylic acids is 2. The summed E-state index contributed by atoms with van der Waals surface area (Å²) < 4.78 is 4.98. The van der Waals surface area contributed by atoms with Crippen LogP contribution >= 0.6 is 0 Å². The van der Waals surface area contributed by atoms with Gasteiger partial charge in [-0.05, 0) is 33.6 Å². The van der Waals surface area contributed by atoms with Crippen LogP contribution in [0.2, 0.25) is 0 Å². The van der Waals surface area contributed by atoms with Crippen molar-refractivity contribution in [3.05, 3.63) is 11.8 Å². The second-order valence-electron chi connectivity index (χ2n) is 5.12. The molecule has 0 unspecified atom stereocenters. The second kappa shape index (κ2) is 6.60. The van der Waals surface area contributed by atoms with Crippen LogP contribution in [0.3, 0.4) is 0 Å². The third-order valence-electron chi connectivity index (χ3n) is 3.73. The van der Waals surface area contributed by atoms with Crippen molar-refractivity contribution >= 4 is 17.8 Å². The molecule has 116 valence electrons. The molecule has 1 aromatic heterocycles. The lowest BCUT2D eigenvalue weighted by molar-refractivity contribution is -0.134. The van der Waals surface area contributed by atoms with E-state index in [4.69, 9.17) is 4.52 Å². The summed E-state index contributed by atoms with van der Waals surface area (Å²) in [7, 11) is 0. The summed E-state index contributed by atoms with van der Waals surface area (Å²) in [6.45, 7) is 7.56. The Morgan fingerprint density at radius 1 is 1.48 bits per heavy atom. The Kier molecular flexibility index (Phi) is 4.82. The normalized spacial score (nSPS) is 17.9. The minimum Gasteiger partial charge on any atom is -0.341 e. The Morgan fingerprint density at radius 2 is 2.19 bits per heavy atom. The number of nitrogens with one attached hydrogen (secondary N) is 1. The fourth-order valence-electron chi connectivity index (χ4n) is 2.61. The number of aryl methyl sites for hydroxylation is 1. The van der Waals surface area contributed by atoms with Gasteiger partial charge in [0, 0.05) is 25.7 Å². The minimum atomic E-state index is -0.381. The predicted octanol–water partition coefficient (Wildman–Crippen LogP) is 1.85. The summed E-state index contributed by atoms with van der Waals surface area (Å²) in [4.78, 5) is 28.1. The van der Waals surface area contributed by atoms with E-state index in [2.05, 4.69) is 10.5 Å². The van der Waals surface area contributed by atoms with Crippen LogP contribution in [0.1, 0.15) is 32.4 Å². The monoisotopic (exact) mass is 294 g/mol. The largest absolute Gasteiger partial charge is 0.341 e. The zero-order valence-electron chi connectivity index (χ0n) is 12.8. The van der Waals surface area contributed by atoms with E-state index in [0.29, 0.717) is 37.6 Å². The fourth-order valence-corrected chi connectivity index (χ4v) is 2.61. The molecule has 1 N–H and O–H groups in total. The maximum absolute atomic E-state index is 12.4. The molecule has 1 atom stereocenters. The van der Waals surface area contributed by atoms with Gasteiger partial charge in [-0.1, -0.05) is 5.16 Å². The summed E-state index contributed by atoms with van der Waals surface area (Å²) in [6.07, 6.45) is 1.54. The zero-order valence-corrected chi connectivity index (χ0v) is 12.8. The van der Waals surface area contributed by atoms with Gasteiger partial charge in [0.2, 0.25) is 11.8 Å². The van der Waals surface area contributed by atoms with Crippen LogP contribution in [0.4, 0.5) is 10.7 Å². The summed E-state index contributed by atoms with van der Waals surface area (Å²) in [5.41, 5.74) is 0.697. The molecule has 0 aromatic carbocycles. The van der Waals surface area contributed by atoms with Gasteiger partial charge >= 0.3 is 6.03 Å². The number of carbonyl (C=O) groups is 2. The van der Waals surface area contributed by atoms with Gasteiger partial charge < -0.3 is 14.3 Å². The first kappa shape index (κ1) is 15.3. The maximum atomic E-state index is 12.4. The van der Waals surface area contributed by atoms with Crippen LogP contribution in [-0.4, -0.2) is 52.6 Å². The van der Waals surface area contributed by atoms with Gasteiger partial charge in [0.05, 0.1) is 5.69 Å². The third kappa shape index (κ3) is 3.34. The fraction of sp³-hybridized carbons (Fsp3) is 0.643. The molecule has 1 aliphatic rings. The Bertz CT molecular complexity index is 510. The molecule has 0 saturated carbocycles. The lowest BCUT2D eigenvalue weighted by Gasteiger charge is -2.28. The molecule has 0 aliphatic carbocycles. The van der Waals surface area contributed by atoms with Crippen molar-refractivity contribution < 1.29 is 14.1 Å². The summed E-state index contributed by atoms with van der Waals surface area (Å²) >= 11 is 0. The highest BCUT2D eigenvalue weighted by atomic mass is 16.5. The number of rotatable bonds is 4. The van der Waals surface area contributed by atoms with Crippen molar-refractivity contribution in [3.8, 4) is 0 Å². The highest BCUT2D eigenvalue weighted by Crippen LogP contribution is 2.21. The topological polar surface area (TPSA) is 78.7 Å². The van der Waals surface area contributed by atoms with Gasteiger partial charge in [-0.3, -0.25) is 10.1 Å². The highest BCUT2D eigenvalue weighted by molar-refractivity contribution is 5.93. The van der Waals surface area contributed by atoms with Gasteiger partial charge in [0.15, 0.2) is 0 Å². The summed E-state index contributed by atoms with van der Waals surface area (Å²) in [5, 5.41) is 6.37. The van der Waals surface area contributed by atoms with Crippen LogP contribution in [0.15, 0.2) is 10.6 Å². The van der Waals surface area contributed by atoms with Crippen LogP contribution < -0.4 is 5.32 Å². The summed E-state index contributed by atoms with van der Waals surface area (Å²) in [6, 6.07) is 0.956. The molecule has 2 heterocycles. The van der Waals surface area contributed by atoms with Crippen molar-refractivity contribution in [2.24, 2.45) is 0 Å². The number of anilines is 1. The van der Waals surface area contributed by atoms with Gasteiger partial charge in [-0.25, -0.2) is 4.79 Å². The Morgan fingerprint density at radius 3 is 2.76 bits per heavy atom. The quantitative estimate of drug-likeness (QED) is 0.919. The molecule has 21 heavy (non-hydrogen) atoms. The first-order valence-corrected chi connectivity index (χ1v) is 7.36. The van der Waals surface area contributed by atoms with E-state index >= 15 is 0 Å². The highest BCUT2D eigenvalue weighted by Gasteiger charge is 2.36. The molecular formula is C14H22N4O3. The van der Waals surface area contributed by atoms with E-state index in [1.165, 1.54) is 0 Å². The number of nitrogens with zero attached hydrogens (tertiary/aromatic N) is 3. The van der Waals surface area contributed by atoms with Crippen LogP contribution in [0.5, 0.6) is 0 Å². The molecule has 7 nitrogen and oxygen atoms in total. The molecular weight excluding hydrogens is 272 g/mol. The smallest absolute Gasteiger partial charge is 0.324 e. The van der Waals surface area contributed by atoms with E-state index in [1.54, 1.807) is 22.8 Å². The third-order valence-corrected chi connectivity index (χ3v) is 3.73. The maximum Gasteiger partial charge on any atom is 0.324 e. The number of likely N-dealkylation sites (tertiary alicyclic amines) is 1. The van der Waals surface area contributed by atoms with Crippen LogP contribution in [-0.2, 0) is 4.79 Å². The van der Waals surface area contributed by atoms with Crippen molar-refractivity contribution in [1.82, 2.24) is 15.0 Å². The van der Waals surface area contributed by atoms with Gasteiger partial charge in [0.25, 0.3) is 0 Å². The first-order valence-electron chi connectivity index (χ1n) is 7.36. The number of amides is 3. The number of likely N-dealkylation sites (N-methyl/N-ethyl adjacent to an activating group) is 1. The number of hydrogen-bond acceptors (Lipinski definition) is 4. The van der Waals surface area contributed by atoms with Gasteiger partial charge in [0.1, 0.15) is 6.04 Å². The average molecular weight is 294 g/mol. The molecule has 2 rings (SSSR count). The van der Waals surface area contributed by atoms with E-state index in [1.807, 2.05) is 13.8 Å². The SMILES string of the molecule is CCN(CC)C(=O)[C@@H]1CCCN1C(=O)Nc1cc(C)no1. The standard InChI is InChI=1S/C14H22N4O3/c1-4-17(5-2)13(19)11-7-6-8-18(11)14(20)15-12-9-10(3)16-21-12/h9,11H,4-8H2,1-3H3,(H,15,20)/t11-/m0/s1.